The van der Waals surface area contributed by atoms with Crippen molar-refractivity contribution in [1.82, 2.24) is 0 Å². The molecule has 2 nitrogen and oxygen atoms in total. The molecule has 112 valence electrons. The first-order valence-electron chi connectivity index (χ1n) is 8.00. The zero-order valence-corrected chi connectivity index (χ0v) is 13.5. The maximum atomic E-state index is 5.77. The number of hydrogen-bond acceptors (Lipinski definition) is 2. The van der Waals surface area contributed by atoms with Gasteiger partial charge in [-0.3, -0.25) is 0 Å². The molecule has 1 unspecified atom stereocenters. The van der Waals surface area contributed by atoms with Gasteiger partial charge in [0.2, 0.25) is 0 Å². The number of rotatable bonds is 4. The van der Waals surface area contributed by atoms with E-state index >= 15 is 0 Å². The summed E-state index contributed by atoms with van der Waals surface area (Å²) in [5, 5.41) is 3.71. The van der Waals surface area contributed by atoms with Crippen molar-refractivity contribution in [2.24, 2.45) is 5.41 Å². The van der Waals surface area contributed by atoms with Crippen LogP contribution in [-0.4, -0.2) is 12.6 Å². The molecule has 20 heavy (non-hydrogen) atoms. The number of hydrogen-bond donors (Lipinski definition) is 1. The second kappa shape index (κ2) is 6.51. The minimum absolute atomic E-state index is 0.506. The molecule has 1 saturated carbocycles. The van der Waals surface area contributed by atoms with Gasteiger partial charge in [-0.2, -0.15) is 0 Å². The Bertz CT molecular complexity index is 439. The molecule has 1 aliphatic carbocycles. The highest BCUT2D eigenvalue weighted by Crippen LogP contribution is 2.36. The summed E-state index contributed by atoms with van der Waals surface area (Å²) in [4.78, 5) is 0. The van der Waals surface area contributed by atoms with Gasteiger partial charge in [0.1, 0.15) is 5.75 Å². The average Bonchev–Trinajstić information content (AvgIpc) is 2.55. The van der Waals surface area contributed by atoms with Gasteiger partial charge in [0.05, 0.1) is 12.3 Å². The molecule has 2 heteroatoms. The van der Waals surface area contributed by atoms with Crippen LogP contribution in [-0.2, 0) is 0 Å². The summed E-state index contributed by atoms with van der Waals surface area (Å²) in [5.41, 5.74) is 2.91. The molecule has 1 aromatic rings. The fourth-order valence-corrected chi connectivity index (χ4v) is 3.05. The van der Waals surface area contributed by atoms with Crippen LogP contribution in [0.2, 0.25) is 0 Å². The lowest BCUT2D eigenvalue weighted by Gasteiger charge is -2.23. The molecule has 0 heterocycles. The lowest BCUT2D eigenvalue weighted by Crippen LogP contribution is -2.19. The highest BCUT2D eigenvalue weighted by atomic mass is 16.5. The third-order valence-electron chi connectivity index (χ3n) is 4.37. The maximum absolute atomic E-state index is 5.77. The summed E-state index contributed by atoms with van der Waals surface area (Å²) in [6, 6.07) is 7.03. The van der Waals surface area contributed by atoms with Crippen LogP contribution < -0.4 is 10.1 Å². The van der Waals surface area contributed by atoms with Crippen molar-refractivity contribution in [2.45, 2.75) is 65.8 Å². The van der Waals surface area contributed by atoms with Crippen LogP contribution in [0, 0.1) is 12.3 Å². The third-order valence-corrected chi connectivity index (χ3v) is 4.37. The van der Waals surface area contributed by atoms with E-state index in [0.717, 1.165) is 18.0 Å². The Labute approximate surface area is 123 Å². The predicted molar refractivity (Wildman–Crippen MR) is 86.6 cm³/mol. The Kier molecular flexibility index (Phi) is 4.95. The zero-order valence-electron chi connectivity index (χ0n) is 13.5. The monoisotopic (exact) mass is 275 g/mol. The van der Waals surface area contributed by atoms with Crippen molar-refractivity contribution in [2.75, 3.05) is 11.9 Å². The molecule has 0 spiro atoms. The van der Waals surface area contributed by atoms with Gasteiger partial charge in [0, 0.05) is 6.04 Å². The Morgan fingerprint density at radius 3 is 2.80 bits per heavy atom. The van der Waals surface area contributed by atoms with Gasteiger partial charge in [-0.25, -0.2) is 0 Å². The van der Waals surface area contributed by atoms with Crippen LogP contribution in [0.15, 0.2) is 18.2 Å². The van der Waals surface area contributed by atoms with E-state index in [-0.39, 0.29) is 0 Å². The standard InChI is InChI=1S/C18H29NO/c1-5-20-17-13-14(2)8-9-16(17)19-15-7-6-11-18(3,4)12-10-15/h8-9,13,15,19H,5-7,10-12H2,1-4H3. The summed E-state index contributed by atoms with van der Waals surface area (Å²) < 4.78 is 5.77. The summed E-state index contributed by atoms with van der Waals surface area (Å²) >= 11 is 0. The first kappa shape index (κ1) is 15.2. The van der Waals surface area contributed by atoms with Gasteiger partial charge >= 0.3 is 0 Å². The Morgan fingerprint density at radius 2 is 2.05 bits per heavy atom. The van der Waals surface area contributed by atoms with Crippen LogP contribution in [0.3, 0.4) is 0 Å². The van der Waals surface area contributed by atoms with Crippen molar-refractivity contribution >= 4 is 5.69 Å². The average molecular weight is 275 g/mol. The second-order valence-corrected chi connectivity index (χ2v) is 6.87. The van der Waals surface area contributed by atoms with Crippen LogP contribution in [0.5, 0.6) is 5.75 Å². The Morgan fingerprint density at radius 1 is 1.25 bits per heavy atom. The molecule has 0 aromatic heterocycles. The van der Waals surface area contributed by atoms with Crippen LogP contribution in [0.25, 0.3) is 0 Å². The summed E-state index contributed by atoms with van der Waals surface area (Å²) in [6.45, 7) is 9.66. The van der Waals surface area contributed by atoms with Gasteiger partial charge < -0.3 is 10.1 Å². The number of aryl methyl sites for hydroxylation is 1. The summed E-state index contributed by atoms with van der Waals surface area (Å²) in [7, 11) is 0. The highest BCUT2D eigenvalue weighted by molar-refractivity contribution is 5.58. The van der Waals surface area contributed by atoms with Crippen molar-refractivity contribution in [3.8, 4) is 5.75 Å². The normalized spacial score (nSPS) is 22.1. The zero-order chi connectivity index (χ0) is 14.6. The van der Waals surface area contributed by atoms with Gasteiger partial charge in [-0.05, 0) is 62.6 Å². The van der Waals surface area contributed by atoms with Gasteiger partial charge in [-0.1, -0.05) is 26.3 Å². The van der Waals surface area contributed by atoms with Gasteiger partial charge in [0.15, 0.2) is 0 Å². The molecule has 2 rings (SSSR count). The number of ether oxygens (including phenoxy) is 1. The number of anilines is 1. The molecular weight excluding hydrogens is 246 g/mol. The lowest BCUT2D eigenvalue weighted by molar-refractivity contribution is 0.313. The molecule has 1 fully saturated rings. The SMILES string of the molecule is CCOc1cc(C)ccc1NC1CCCC(C)(C)CC1. The van der Waals surface area contributed by atoms with E-state index in [1.54, 1.807) is 0 Å². The molecule has 1 aromatic carbocycles. The molecule has 0 bridgehead atoms. The largest absolute Gasteiger partial charge is 0.492 e. The summed E-state index contributed by atoms with van der Waals surface area (Å²) in [6.07, 6.45) is 6.49. The Hall–Kier alpha value is -1.18. The minimum atomic E-state index is 0.506. The van der Waals surface area contributed by atoms with E-state index in [4.69, 9.17) is 4.74 Å². The maximum Gasteiger partial charge on any atom is 0.142 e. The molecule has 0 aliphatic heterocycles. The lowest BCUT2D eigenvalue weighted by atomic mass is 9.85. The topological polar surface area (TPSA) is 21.3 Å². The first-order valence-corrected chi connectivity index (χ1v) is 8.00. The minimum Gasteiger partial charge on any atom is -0.492 e. The second-order valence-electron chi connectivity index (χ2n) is 6.87. The molecule has 1 aliphatic rings. The van der Waals surface area contributed by atoms with E-state index in [2.05, 4.69) is 44.3 Å². The fraction of sp³-hybridized carbons (Fsp3) is 0.667. The van der Waals surface area contributed by atoms with Crippen LogP contribution in [0.1, 0.15) is 58.4 Å². The van der Waals surface area contributed by atoms with Crippen molar-refractivity contribution in [3.63, 3.8) is 0 Å². The van der Waals surface area contributed by atoms with E-state index in [0.29, 0.717) is 11.5 Å². The molecule has 1 atom stereocenters. The van der Waals surface area contributed by atoms with Gasteiger partial charge in [0.25, 0.3) is 0 Å². The number of benzene rings is 1. The third kappa shape index (κ3) is 4.16. The van der Waals surface area contributed by atoms with Crippen molar-refractivity contribution in [1.29, 1.82) is 0 Å². The van der Waals surface area contributed by atoms with E-state index in [1.807, 2.05) is 6.92 Å². The van der Waals surface area contributed by atoms with Gasteiger partial charge in [-0.15, -0.1) is 0 Å². The van der Waals surface area contributed by atoms with Crippen LogP contribution >= 0.6 is 0 Å². The Balaban J connectivity index is 2.05. The van der Waals surface area contributed by atoms with E-state index in [1.165, 1.54) is 37.7 Å². The molecular formula is C18H29NO. The predicted octanol–water partition coefficient (Wildman–Crippen LogP) is 5.16. The molecule has 0 saturated heterocycles. The van der Waals surface area contributed by atoms with E-state index < -0.39 is 0 Å². The molecule has 0 radical (unpaired) electrons. The molecule has 0 amide bonds. The summed E-state index contributed by atoms with van der Waals surface area (Å²) in [5.74, 6) is 0.996. The van der Waals surface area contributed by atoms with Crippen LogP contribution in [0.4, 0.5) is 5.69 Å². The highest BCUT2D eigenvalue weighted by Gasteiger charge is 2.24. The van der Waals surface area contributed by atoms with Crippen molar-refractivity contribution in [3.05, 3.63) is 23.8 Å². The molecule has 1 N–H and O–H groups in total. The first-order chi connectivity index (χ1) is 9.50. The van der Waals surface area contributed by atoms with Crippen molar-refractivity contribution < 1.29 is 4.74 Å². The fourth-order valence-electron chi connectivity index (χ4n) is 3.05. The van der Waals surface area contributed by atoms with E-state index in [9.17, 15) is 0 Å². The number of nitrogens with one attached hydrogen (secondary N) is 1. The quantitative estimate of drug-likeness (QED) is 0.766. The smallest absolute Gasteiger partial charge is 0.142 e.